The Morgan fingerprint density at radius 1 is 0.971 bits per heavy atom. The zero-order valence-corrected chi connectivity index (χ0v) is 20.4. The summed E-state index contributed by atoms with van der Waals surface area (Å²) >= 11 is 1.36. The van der Waals surface area contributed by atoms with E-state index in [0.29, 0.717) is 11.6 Å². The minimum atomic E-state index is -0.999. The Labute approximate surface area is 208 Å². The highest BCUT2D eigenvalue weighted by atomic mass is 32.1. The largest absolute Gasteiger partial charge is 0.497 e. The second-order valence-corrected chi connectivity index (χ2v) is 9.01. The number of carboxylic acid groups (broad SMARTS) is 1. The number of aliphatic carboxylic acids is 1. The zero-order chi connectivity index (χ0) is 24.8. The van der Waals surface area contributed by atoms with Gasteiger partial charge in [-0.05, 0) is 35.2 Å². The van der Waals surface area contributed by atoms with Crippen LogP contribution in [0.1, 0.15) is 12.0 Å². The molecule has 1 amide bonds. The average molecular weight is 487 g/mol. The minimum absolute atomic E-state index is 0.239. The molecule has 1 aromatic heterocycles. The van der Waals surface area contributed by atoms with Gasteiger partial charge in [0.2, 0.25) is 5.91 Å². The topological polar surface area (TPSA) is 79.7 Å². The highest BCUT2D eigenvalue weighted by Crippen LogP contribution is 2.35. The molecule has 0 unspecified atom stereocenters. The van der Waals surface area contributed by atoms with Crippen molar-refractivity contribution < 1.29 is 19.4 Å². The van der Waals surface area contributed by atoms with Gasteiger partial charge in [0.25, 0.3) is 0 Å². The van der Waals surface area contributed by atoms with Gasteiger partial charge in [0.15, 0.2) is 5.13 Å². The number of thiazole rings is 1. The molecule has 4 rings (SSSR count). The number of benzene rings is 3. The summed E-state index contributed by atoms with van der Waals surface area (Å²) in [5, 5.41) is 11.8. The zero-order valence-electron chi connectivity index (χ0n) is 19.5. The van der Waals surface area contributed by atoms with Crippen LogP contribution in [-0.4, -0.2) is 36.1 Å². The van der Waals surface area contributed by atoms with Crippen LogP contribution in [0.4, 0.5) is 5.13 Å². The summed E-state index contributed by atoms with van der Waals surface area (Å²) < 4.78 is 5.27. The highest BCUT2D eigenvalue weighted by molar-refractivity contribution is 7.14. The summed E-state index contributed by atoms with van der Waals surface area (Å²) in [4.78, 5) is 31.0. The third-order valence-electron chi connectivity index (χ3n) is 5.81. The van der Waals surface area contributed by atoms with E-state index in [4.69, 9.17) is 9.72 Å². The molecular weight excluding hydrogens is 460 g/mol. The van der Waals surface area contributed by atoms with Crippen molar-refractivity contribution in [3.8, 4) is 28.1 Å². The molecule has 0 saturated carbocycles. The Balaban J connectivity index is 1.59. The molecule has 0 saturated heterocycles. The van der Waals surface area contributed by atoms with Crippen molar-refractivity contribution in [2.45, 2.75) is 12.8 Å². The number of carbonyl (C=O) groups excluding carboxylic acids is 1. The molecule has 6 nitrogen and oxygen atoms in total. The van der Waals surface area contributed by atoms with E-state index in [1.807, 2.05) is 84.2 Å². The van der Waals surface area contributed by atoms with Crippen molar-refractivity contribution in [1.29, 1.82) is 0 Å². The molecular formula is C28H26N2O4S. The molecule has 7 heteroatoms. The standard InChI is InChI=1S/C28H26N2O4S/c1-30(27(33)21(17-26(31)32)16-19-8-4-3-5-9-19)28-29-25(18-35-28)24-11-7-6-10-23(24)20-12-14-22(34-2)15-13-20/h3-15,18,21H,16-17H2,1-2H3,(H,31,32)/t21-/m1/s1. The molecule has 0 aliphatic rings. The van der Waals surface area contributed by atoms with Crippen LogP contribution in [0.5, 0.6) is 5.75 Å². The van der Waals surface area contributed by atoms with Crippen molar-refractivity contribution >= 4 is 28.3 Å². The minimum Gasteiger partial charge on any atom is -0.497 e. The van der Waals surface area contributed by atoms with Gasteiger partial charge in [-0.25, -0.2) is 4.98 Å². The van der Waals surface area contributed by atoms with E-state index in [1.165, 1.54) is 16.2 Å². The second kappa shape index (κ2) is 11.0. The maximum atomic E-state index is 13.3. The lowest BCUT2D eigenvalue weighted by atomic mass is 9.95. The van der Waals surface area contributed by atoms with Crippen molar-refractivity contribution in [2.75, 3.05) is 19.1 Å². The van der Waals surface area contributed by atoms with Gasteiger partial charge < -0.3 is 9.84 Å². The number of hydrogen-bond donors (Lipinski definition) is 1. The van der Waals surface area contributed by atoms with E-state index >= 15 is 0 Å². The van der Waals surface area contributed by atoms with E-state index in [9.17, 15) is 14.7 Å². The number of amides is 1. The van der Waals surface area contributed by atoms with Gasteiger partial charge in [-0.15, -0.1) is 11.3 Å². The van der Waals surface area contributed by atoms with Crippen LogP contribution < -0.4 is 9.64 Å². The molecule has 3 aromatic carbocycles. The first-order valence-electron chi connectivity index (χ1n) is 11.2. The number of carbonyl (C=O) groups is 2. The molecule has 0 spiro atoms. The number of aromatic nitrogens is 1. The SMILES string of the molecule is COc1ccc(-c2ccccc2-c2csc(N(C)C(=O)[C@@H](CC(=O)O)Cc3ccccc3)n2)cc1. The van der Waals surface area contributed by atoms with Gasteiger partial charge >= 0.3 is 5.97 Å². The van der Waals surface area contributed by atoms with Gasteiger partial charge in [-0.1, -0.05) is 66.7 Å². The Kier molecular flexibility index (Phi) is 7.57. The van der Waals surface area contributed by atoms with Crippen molar-refractivity contribution in [3.63, 3.8) is 0 Å². The summed E-state index contributed by atoms with van der Waals surface area (Å²) in [5.41, 5.74) is 4.69. The normalized spacial score (nSPS) is 11.6. The smallest absolute Gasteiger partial charge is 0.304 e. The maximum Gasteiger partial charge on any atom is 0.304 e. The molecule has 1 heterocycles. The van der Waals surface area contributed by atoms with Crippen LogP contribution in [0, 0.1) is 5.92 Å². The Morgan fingerprint density at radius 2 is 1.63 bits per heavy atom. The molecule has 0 aliphatic heterocycles. The van der Waals surface area contributed by atoms with Crippen LogP contribution in [0.2, 0.25) is 0 Å². The fourth-order valence-corrected chi connectivity index (χ4v) is 4.79. The van der Waals surface area contributed by atoms with E-state index in [0.717, 1.165) is 33.7 Å². The predicted molar refractivity (Wildman–Crippen MR) is 139 cm³/mol. The predicted octanol–water partition coefficient (Wildman–Crippen LogP) is 5.78. The first-order valence-corrected chi connectivity index (χ1v) is 12.1. The van der Waals surface area contributed by atoms with E-state index in [-0.39, 0.29) is 12.3 Å². The first kappa shape index (κ1) is 24.2. The van der Waals surface area contributed by atoms with Crippen molar-refractivity contribution in [1.82, 2.24) is 4.98 Å². The van der Waals surface area contributed by atoms with Crippen LogP contribution >= 0.6 is 11.3 Å². The van der Waals surface area contributed by atoms with Crippen molar-refractivity contribution in [3.05, 3.63) is 89.8 Å². The van der Waals surface area contributed by atoms with Gasteiger partial charge in [-0.2, -0.15) is 0 Å². The van der Waals surface area contributed by atoms with Crippen LogP contribution in [0.15, 0.2) is 84.2 Å². The Hall–Kier alpha value is -3.97. The van der Waals surface area contributed by atoms with E-state index in [2.05, 4.69) is 0 Å². The quantitative estimate of drug-likeness (QED) is 0.324. The molecule has 1 N–H and O–H groups in total. The van der Waals surface area contributed by atoms with Crippen LogP contribution in [0.25, 0.3) is 22.4 Å². The fraction of sp³-hybridized carbons (Fsp3) is 0.179. The van der Waals surface area contributed by atoms with Crippen LogP contribution in [-0.2, 0) is 16.0 Å². The summed E-state index contributed by atoms with van der Waals surface area (Å²) in [6.45, 7) is 0. The summed E-state index contributed by atoms with van der Waals surface area (Å²) in [6.07, 6.45) is 0.117. The number of rotatable bonds is 9. The lowest BCUT2D eigenvalue weighted by molar-refractivity contribution is -0.140. The fourth-order valence-electron chi connectivity index (χ4n) is 4.00. The molecule has 0 fully saturated rings. The number of methoxy groups -OCH3 is 1. The molecule has 1 atom stereocenters. The number of anilines is 1. The molecule has 178 valence electrons. The highest BCUT2D eigenvalue weighted by Gasteiger charge is 2.27. The van der Waals surface area contributed by atoms with Gasteiger partial charge in [0.1, 0.15) is 5.75 Å². The summed E-state index contributed by atoms with van der Waals surface area (Å²) in [6, 6.07) is 25.3. The van der Waals surface area contributed by atoms with Gasteiger partial charge in [0.05, 0.1) is 25.1 Å². The Bertz CT molecular complexity index is 1300. The van der Waals surface area contributed by atoms with E-state index < -0.39 is 11.9 Å². The Morgan fingerprint density at radius 3 is 2.29 bits per heavy atom. The average Bonchev–Trinajstić information content (AvgIpc) is 3.38. The number of ether oxygens (including phenoxy) is 1. The first-order chi connectivity index (χ1) is 17.0. The molecule has 4 aromatic rings. The third-order valence-corrected chi connectivity index (χ3v) is 6.73. The molecule has 0 radical (unpaired) electrons. The molecule has 0 aliphatic carbocycles. The second-order valence-electron chi connectivity index (χ2n) is 8.17. The van der Waals surface area contributed by atoms with Gasteiger partial charge in [-0.3, -0.25) is 14.5 Å². The number of carboxylic acids is 1. The summed E-state index contributed by atoms with van der Waals surface area (Å²) in [5.74, 6) is -1.16. The summed E-state index contributed by atoms with van der Waals surface area (Å²) in [7, 11) is 3.29. The van der Waals surface area contributed by atoms with E-state index in [1.54, 1.807) is 14.2 Å². The third kappa shape index (κ3) is 5.75. The monoisotopic (exact) mass is 486 g/mol. The van der Waals surface area contributed by atoms with Gasteiger partial charge in [0, 0.05) is 18.0 Å². The maximum absolute atomic E-state index is 13.3. The number of hydrogen-bond acceptors (Lipinski definition) is 5. The lowest BCUT2D eigenvalue weighted by Crippen LogP contribution is -2.35. The molecule has 35 heavy (non-hydrogen) atoms. The van der Waals surface area contributed by atoms with Crippen LogP contribution in [0.3, 0.4) is 0 Å². The molecule has 0 bridgehead atoms. The number of nitrogens with zero attached hydrogens (tertiary/aromatic N) is 2. The lowest BCUT2D eigenvalue weighted by Gasteiger charge is -2.21. The van der Waals surface area contributed by atoms with Crippen molar-refractivity contribution in [2.24, 2.45) is 5.92 Å².